The average molecular weight is 238 g/mol. The van der Waals surface area contributed by atoms with E-state index in [0.717, 1.165) is 25.4 Å². The number of nitrogens with one attached hydrogen (secondary N) is 1. The lowest BCUT2D eigenvalue weighted by atomic mass is 9.58. The molecule has 17 heavy (non-hydrogen) atoms. The number of likely N-dealkylation sites (tertiary alicyclic amines) is 1. The van der Waals surface area contributed by atoms with E-state index in [-0.39, 0.29) is 11.4 Å². The van der Waals surface area contributed by atoms with Crippen molar-refractivity contribution in [2.75, 3.05) is 19.6 Å². The van der Waals surface area contributed by atoms with Crippen LogP contribution in [-0.2, 0) is 4.79 Å². The van der Waals surface area contributed by atoms with Gasteiger partial charge in [0, 0.05) is 18.6 Å². The van der Waals surface area contributed by atoms with E-state index in [9.17, 15) is 4.79 Å². The molecular formula is C14H26N2O. The Kier molecular flexibility index (Phi) is 3.23. The van der Waals surface area contributed by atoms with Gasteiger partial charge >= 0.3 is 0 Å². The second kappa shape index (κ2) is 4.27. The second-order valence-electron chi connectivity index (χ2n) is 6.94. The lowest BCUT2D eigenvalue weighted by Gasteiger charge is -2.58. The van der Waals surface area contributed by atoms with Crippen molar-refractivity contribution in [3.63, 3.8) is 0 Å². The van der Waals surface area contributed by atoms with Crippen molar-refractivity contribution in [1.82, 2.24) is 10.2 Å². The van der Waals surface area contributed by atoms with Crippen LogP contribution in [0.15, 0.2) is 0 Å². The summed E-state index contributed by atoms with van der Waals surface area (Å²) in [6.07, 6.45) is 3.71. The van der Waals surface area contributed by atoms with E-state index in [4.69, 9.17) is 0 Å². The van der Waals surface area contributed by atoms with Gasteiger partial charge in [0.15, 0.2) is 0 Å². The van der Waals surface area contributed by atoms with Crippen LogP contribution in [0, 0.1) is 11.3 Å². The van der Waals surface area contributed by atoms with Crippen molar-refractivity contribution in [2.24, 2.45) is 11.3 Å². The van der Waals surface area contributed by atoms with E-state index in [0.29, 0.717) is 12.0 Å². The summed E-state index contributed by atoms with van der Waals surface area (Å²) in [4.78, 5) is 14.1. The van der Waals surface area contributed by atoms with Crippen LogP contribution in [0.4, 0.5) is 0 Å². The van der Waals surface area contributed by atoms with E-state index >= 15 is 0 Å². The lowest BCUT2D eigenvalue weighted by molar-refractivity contribution is -0.133. The molecule has 1 aliphatic heterocycles. The van der Waals surface area contributed by atoms with Gasteiger partial charge in [-0.1, -0.05) is 13.8 Å². The molecule has 0 radical (unpaired) electrons. The summed E-state index contributed by atoms with van der Waals surface area (Å²) in [5, 5.41) is 3.10. The third-order valence-electron chi connectivity index (χ3n) is 4.41. The topological polar surface area (TPSA) is 32.3 Å². The van der Waals surface area contributed by atoms with Gasteiger partial charge in [0.2, 0.25) is 5.91 Å². The quantitative estimate of drug-likeness (QED) is 0.812. The predicted molar refractivity (Wildman–Crippen MR) is 69.8 cm³/mol. The van der Waals surface area contributed by atoms with E-state index in [1.165, 1.54) is 12.8 Å². The van der Waals surface area contributed by atoms with Gasteiger partial charge in [0.25, 0.3) is 0 Å². The molecule has 0 aromatic heterocycles. The highest BCUT2D eigenvalue weighted by atomic mass is 16.2. The number of rotatable bonds is 4. The molecule has 0 atom stereocenters. The maximum atomic E-state index is 11.8. The van der Waals surface area contributed by atoms with Crippen molar-refractivity contribution in [2.45, 2.75) is 52.5 Å². The van der Waals surface area contributed by atoms with Gasteiger partial charge < -0.3 is 5.32 Å². The van der Waals surface area contributed by atoms with E-state index < -0.39 is 0 Å². The molecule has 3 heteroatoms. The molecule has 2 fully saturated rings. The zero-order valence-corrected chi connectivity index (χ0v) is 11.7. The van der Waals surface area contributed by atoms with E-state index in [1.54, 1.807) is 0 Å². The summed E-state index contributed by atoms with van der Waals surface area (Å²) < 4.78 is 0. The molecule has 0 aromatic rings. The third kappa shape index (κ3) is 2.82. The largest absolute Gasteiger partial charge is 0.350 e. The molecule has 1 heterocycles. The Bertz CT molecular complexity index is 297. The molecule has 2 rings (SSSR count). The number of amides is 1. The first-order valence-corrected chi connectivity index (χ1v) is 6.88. The second-order valence-corrected chi connectivity index (χ2v) is 6.94. The van der Waals surface area contributed by atoms with Gasteiger partial charge in [-0.3, -0.25) is 9.69 Å². The Morgan fingerprint density at radius 3 is 2.47 bits per heavy atom. The van der Waals surface area contributed by atoms with Crippen LogP contribution in [0.1, 0.15) is 47.0 Å². The van der Waals surface area contributed by atoms with Gasteiger partial charge in [-0.25, -0.2) is 0 Å². The summed E-state index contributed by atoms with van der Waals surface area (Å²) in [6.45, 7) is 11.4. The fourth-order valence-electron chi connectivity index (χ4n) is 3.40. The van der Waals surface area contributed by atoms with Crippen molar-refractivity contribution >= 4 is 5.91 Å². The monoisotopic (exact) mass is 238 g/mol. The molecule has 1 saturated heterocycles. The van der Waals surface area contributed by atoms with Crippen molar-refractivity contribution in [1.29, 1.82) is 0 Å². The lowest BCUT2D eigenvalue weighted by Crippen LogP contribution is -2.63. The highest BCUT2D eigenvalue weighted by Gasteiger charge is 2.50. The summed E-state index contributed by atoms with van der Waals surface area (Å²) in [7, 11) is 0. The molecule has 1 N–H and O–H groups in total. The van der Waals surface area contributed by atoms with Gasteiger partial charge in [-0.05, 0) is 44.4 Å². The van der Waals surface area contributed by atoms with Crippen LogP contribution < -0.4 is 5.32 Å². The summed E-state index contributed by atoms with van der Waals surface area (Å²) in [5.74, 6) is 1.09. The zero-order valence-electron chi connectivity index (χ0n) is 11.7. The minimum atomic E-state index is -0.0649. The normalized spacial score (nSPS) is 24.2. The minimum Gasteiger partial charge on any atom is -0.350 e. The van der Waals surface area contributed by atoms with Gasteiger partial charge in [-0.2, -0.15) is 0 Å². The Hall–Kier alpha value is -0.570. The Morgan fingerprint density at radius 1 is 1.41 bits per heavy atom. The van der Waals surface area contributed by atoms with Gasteiger partial charge in [-0.15, -0.1) is 0 Å². The Morgan fingerprint density at radius 2 is 2.00 bits per heavy atom. The number of carbonyl (C=O) groups excluding carboxylic acids is 1. The van der Waals surface area contributed by atoms with Crippen LogP contribution in [0.3, 0.4) is 0 Å². The molecule has 1 spiro atoms. The first-order chi connectivity index (χ1) is 7.84. The first-order valence-electron chi connectivity index (χ1n) is 6.88. The molecule has 3 nitrogen and oxygen atoms in total. The summed E-state index contributed by atoms with van der Waals surface area (Å²) in [5.41, 5.74) is 0.532. The molecule has 0 unspecified atom stereocenters. The summed E-state index contributed by atoms with van der Waals surface area (Å²) in [6, 6.07) is 0. The maximum absolute atomic E-state index is 11.8. The van der Waals surface area contributed by atoms with Crippen LogP contribution in [-0.4, -0.2) is 36.0 Å². The molecule has 1 amide bonds. The Balaban J connectivity index is 1.68. The highest BCUT2D eigenvalue weighted by Crippen LogP contribution is 2.51. The van der Waals surface area contributed by atoms with Crippen LogP contribution in [0.25, 0.3) is 0 Å². The van der Waals surface area contributed by atoms with E-state index in [1.807, 2.05) is 0 Å². The van der Waals surface area contributed by atoms with Gasteiger partial charge in [0.1, 0.15) is 0 Å². The van der Waals surface area contributed by atoms with Crippen molar-refractivity contribution in [3.05, 3.63) is 0 Å². The SMILES string of the molecule is CCC(C)(C)NC(=O)CN1CC2(CC(C)C2)C1. The number of nitrogens with zero attached hydrogens (tertiary/aromatic N) is 1. The molecule has 1 saturated carbocycles. The fraction of sp³-hybridized carbons (Fsp3) is 0.929. The van der Waals surface area contributed by atoms with Gasteiger partial charge in [0.05, 0.1) is 6.54 Å². The van der Waals surface area contributed by atoms with Crippen LogP contribution in [0.5, 0.6) is 0 Å². The average Bonchev–Trinajstić information content (AvgIpc) is 2.11. The smallest absolute Gasteiger partial charge is 0.234 e. The van der Waals surface area contributed by atoms with Crippen molar-refractivity contribution in [3.8, 4) is 0 Å². The summed E-state index contributed by atoms with van der Waals surface area (Å²) >= 11 is 0. The third-order valence-corrected chi connectivity index (χ3v) is 4.41. The first kappa shape index (κ1) is 12.9. The molecule has 1 aliphatic carbocycles. The fourth-order valence-corrected chi connectivity index (χ4v) is 3.40. The Labute approximate surface area is 105 Å². The number of hydrogen-bond donors (Lipinski definition) is 1. The predicted octanol–water partition coefficient (Wildman–Crippen LogP) is 2.02. The number of hydrogen-bond acceptors (Lipinski definition) is 2. The van der Waals surface area contributed by atoms with Crippen LogP contribution in [0.2, 0.25) is 0 Å². The molecule has 98 valence electrons. The molecule has 0 aromatic carbocycles. The van der Waals surface area contributed by atoms with E-state index in [2.05, 4.69) is 37.9 Å². The van der Waals surface area contributed by atoms with Crippen LogP contribution >= 0.6 is 0 Å². The zero-order chi connectivity index (χ0) is 12.7. The molecule has 0 bridgehead atoms. The molecule has 2 aliphatic rings. The number of carbonyl (C=O) groups is 1. The minimum absolute atomic E-state index is 0.0649. The van der Waals surface area contributed by atoms with Crippen molar-refractivity contribution < 1.29 is 4.79 Å². The highest BCUT2D eigenvalue weighted by molar-refractivity contribution is 5.78. The standard InChI is InChI=1S/C14H26N2O/c1-5-13(3,4)15-12(17)8-16-9-14(10-16)6-11(2)7-14/h11H,5-10H2,1-4H3,(H,15,17). The molecular weight excluding hydrogens is 212 g/mol. The maximum Gasteiger partial charge on any atom is 0.234 e.